The van der Waals surface area contributed by atoms with Gasteiger partial charge in [-0.3, -0.25) is 19.5 Å². The van der Waals surface area contributed by atoms with Crippen molar-refractivity contribution in [3.63, 3.8) is 0 Å². The SMILES string of the molecule is Cc1cc(C(=O)NCCN2CCN(C(=O)C3CCCC3)CC2)c(C)n1Cc1ccccn1. The third kappa shape index (κ3) is 5.21. The van der Waals surface area contributed by atoms with Crippen LogP contribution in [0.25, 0.3) is 0 Å². The minimum absolute atomic E-state index is 0.0274. The summed E-state index contributed by atoms with van der Waals surface area (Å²) in [5.74, 6) is 0.592. The molecule has 0 atom stereocenters. The molecule has 0 unspecified atom stereocenters. The number of carbonyl (C=O) groups is 2. The molecular formula is C25H35N5O2. The van der Waals surface area contributed by atoms with Crippen LogP contribution >= 0.6 is 0 Å². The summed E-state index contributed by atoms with van der Waals surface area (Å²) in [4.78, 5) is 34.2. The second-order valence-electron chi connectivity index (χ2n) is 9.10. The molecule has 1 aliphatic carbocycles. The molecule has 1 saturated carbocycles. The number of nitrogens with zero attached hydrogens (tertiary/aromatic N) is 4. The standard InChI is InChI=1S/C25H35N5O2/c1-19-17-23(20(2)30(19)18-22-9-5-6-10-26-22)24(31)27-11-12-28-13-15-29(16-14-28)25(32)21-7-3-4-8-21/h5-6,9-10,17,21H,3-4,7-8,11-16,18H2,1-2H3,(H,27,31). The second kappa shape index (κ2) is 10.3. The molecule has 3 heterocycles. The first kappa shape index (κ1) is 22.5. The second-order valence-corrected chi connectivity index (χ2v) is 9.10. The largest absolute Gasteiger partial charge is 0.351 e. The molecule has 4 rings (SSSR count). The van der Waals surface area contributed by atoms with Crippen LogP contribution in [0.15, 0.2) is 30.5 Å². The Morgan fingerprint density at radius 1 is 1.09 bits per heavy atom. The van der Waals surface area contributed by atoms with Gasteiger partial charge in [0.05, 0.1) is 17.8 Å². The van der Waals surface area contributed by atoms with Gasteiger partial charge in [0.25, 0.3) is 5.91 Å². The van der Waals surface area contributed by atoms with E-state index in [-0.39, 0.29) is 11.8 Å². The molecule has 7 nitrogen and oxygen atoms in total. The maximum atomic E-state index is 12.8. The molecule has 2 fully saturated rings. The molecule has 0 spiro atoms. The zero-order valence-corrected chi connectivity index (χ0v) is 19.3. The lowest BCUT2D eigenvalue weighted by Gasteiger charge is -2.36. The molecule has 2 amide bonds. The molecule has 1 saturated heterocycles. The summed E-state index contributed by atoms with van der Waals surface area (Å²) in [6.07, 6.45) is 6.31. The first-order valence-electron chi connectivity index (χ1n) is 11.9. The van der Waals surface area contributed by atoms with E-state index in [1.807, 2.05) is 43.0 Å². The van der Waals surface area contributed by atoms with E-state index in [0.717, 1.165) is 68.2 Å². The number of piperazine rings is 1. The molecule has 2 aromatic heterocycles. The van der Waals surface area contributed by atoms with Crippen LogP contribution in [-0.2, 0) is 11.3 Å². The van der Waals surface area contributed by atoms with Gasteiger partial charge in [-0.05, 0) is 44.9 Å². The summed E-state index contributed by atoms with van der Waals surface area (Å²) in [7, 11) is 0. The molecule has 0 radical (unpaired) electrons. The summed E-state index contributed by atoms with van der Waals surface area (Å²) in [5.41, 5.74) is 3.73. The van der Waals surface area contributed by atoms with E-state index >= 15 is 0 Å². The predicted molar refractivity (Wildman–Crippen MR) is 125 cm³/mol. The first-order chi connectivity index (χ1) is 15.5. The molecule has 172 valence electrons. The number of hydrogen-bond donors (Lipinski definition) is 1. The Morgan fingerprint density at radius 3 is 2.53 bits per heavy atom. The Kier molecular flexibility index (Phi) is 7.25. The van der Waals surface area contributed by atoms with Gasteiger partial charge in [-0.15, -0.1) is 0 Å². The van der Waals surface area contributed by atoms with Crippen LogP contribution in [0.3, 0.4) is 0 Å². The lowest BCUT2D eigenvalue weighted by molar-refractivity contribution is -0.137. The maximum Gasteiger partial charge on any atom is 0.253 e. The van der Waals surface area contributed by atoms with Crippen molar-refractivity contribution in [2.45, 2.75) is 46.1 Å². The van der Waals surface area contributed by atoms with Crippen LogP contribution in [0.4, 0.5) is 0 Å². The van der Waals surface area contributed by atoms with E-state index in [4.69, 9.17) is 0 Å². The first-order valence-corrected chi connectivity index (χ1v) is 11.9. The molecule has 1 N–H and O–H groups in total. The van der Waals surface area contributed by atoms with Crippen LogP contribution in [-0.4, -0.2) is 70.4 Å². The normalized spacial score (nSPS) is 17.6. The molecule has 32 heavy (non-hydrogen) atoms. The molecule has 2 aromatic rings. The minimum Gasteiger partial charge on any atom is -0.351 e. The minimum atomic E-state index is -0.0274. The van der Waals surface area contributed by atoms with E-state index in [1.54, 1.807) is 6.20 Å². The fraction of sp³-hybridized carbons (Fsp3) is 0.560. The fourth-order valence-electron chi connectivity index (χ4n) is 4.97. The zero-order valence-electron chi connectivity index (χ0n) is 19.3. The number of hydrogen-bond acceptors (Lipinski definition) is 4. The van der Waals surface area contributed by atoms with Crippen LogP contribution in [0, 0.1) is 19.8 Å². The van der Waals surface area contributed by atoms with E-state index in [9.17, 15) is 9.59 Å². The van der Waals surface area contributed by atoms with E-state index < -0.39 is 0 Å². The number of aryl methyl sites for hydroxylation is 1. The number of rotatable bonds is 7. The number of aromatic nitrogens is 2. The van der Waals surface area contributed by atoms with Gasteiger partial charge in [0.15, 0.2) is 0 Å². The number of nitrogens with one attached hydrogen (secondary N) is 1. The fourth-order valence-corrected chi connectivity index (χ4v) is 4.97. The van der Waals surface area contributed by atoms with E-state index in [2.05, 4.69) is 19.8 Å². The summed E-state index contributed by atoms with van der Waals surface area (Å²) in [5, 5.41) is 3.08. The Labute approximate surface area is 190 Å². The van der Waals surface area contributed by atoms with E-state index in [1.165, 1.54) is 12.8 Å². The van der Waals surface area contributed by atoms with Crippen molar-refractivity contribution in [3.05, 3.63) is 53.1 Å². The van der Waals surface area contributed by atoms with Gasteiger partial charge < -0.3 is 14.8 Å². The summed E-state index contributed by atoms with van der Waals surface area (Å²) in [6, 6.07) is 7.85. The molecule has 0 aromatic carbocycles. The van der Waals surface area contributed by atoms with Crippen LogP contribution < -0.4 is 5.32 Å². The van der Waals surface area contributed by atoms with Crippen LogP contribution in [0.1, 0.15) is 53.1 Å². The summed E-state index contributed by atoms with van der Waals surface area (Å²) >= 11 is 0. The van der Waals surface area contributed by atoms with Crippen molar-refractivity contribution in [2.24, 2.45) is 5.92 Å². The highest BCUT2D eigenvalue weighted by molar-refractivity contribution is 5.95. The van der Waals surface area contributed by atoms with Crippen molar-refractivity contribution in [3.8, 4) is 0 Å². The Morgan fingerprint density at radius 2 is 1.84 bits per heavy atom. The van der Waals surface area contributed by atoms with Gasteiger partial charge in [0, 0.05) is 62.8 Å². The average molecular weight is 438 g/mol. The highest BCUT2D eigenvalue weighted by Gasteiger charge is 2.29. The van der Waals surface area contributed by atoms with E-state index in [0.29, 0.717) is 19.0 Å². The lowest BCUT2D eigenvalue weighted by atomic mass is 10.1. The van der Waals surface area contributed by atoms with Crippen molar-refractivity contribution >= 4 is 11.8 Å². The van der Waals surface area contributed by atoms with Gasteiger partial charge in [0.2, 0.25) is 5.91 Å². The van der Waals surface area contributed by atoms with Crippen molar-refractivity contribution in [1.29, 1.82) is 0 Å². The predicted octanol–water partition coefficient (Wildman–Crippen LogP) is 2.61. The topological polar surface area (TPSA) is 70.5 Å². The number of pyridine rings is 1. The van der Waals surface area contributed by atoms with Gasteiger partial charge in [-0.2, -0.15) is 0 Å². The van der Waals surface area contributed by atoms with Gasteiger partial charge in [0.1, 0.15) is 0 Å². The summed E-state index contributed by atoms with van der Waals surface area (Å²) < 4.78 is 2.14. The smallest absolute Gasteiger partial charge is 0.253 e. The number of amides is 2. The van der Waals surface area contributed by atoms with Crippen LogP contribution in [0.5, 0.6) is 0 Å². The lowest BCUT2D eigenvalue weighted by Crippen LogP contribution is -2.51. The monoisotopic (exact) mass is 437 g/mol. The van der Waals surface area contributed by atoms with Crippen LogP contribution in [0.2, 0.25) is 0 Å². The third-order valence-corrected chi connectivity index (χ3v) is 6.97. The van der Waals surface area contributed by atoms with Crippen molar-refractivity contribution in [2.75, 3.05) is 39.3 Å². The highest BCUT2D eigenvalue weighted by atomic mass is 16.2. The highest BCUT2D eigenvalue weighted by Crippen LogP contribution is 2.26. The Balaban J connectivity index is 1.23. The molecule has 7 heteroatoms. The zero-order chi connectivity index (χ0) is 22.5. The van der Waals surface area contributed by atoms with Gasteiger partial charge in [-0.1, -0.05) is 18.9 Å². The molecule has 2 aliphatic rings. The Bertz CT molecular complexity index is 925. The molecule has 0 bridgehead atoms. The molecule has 1 aliphatic heterocycles. The van der Waals surface area contributed by atoms with Crippen molar-refractivity contribution < 1.29 is 9.59 Å². The average Bonchev–Trinajstić information content (AvgIpc) is 3.44. The van der Waals surface area contributed by atoms with Gasteiger partial charge in [-0.25, -0.2) is 0 Å². The quantitative estimate of drug-likeness (QED) is 0.723. The Hall–Kier alpha value is -2.67. The number of carbonyl (C=O) groups excluding carboxylic acids is 2. The van der Waals surface area contributed by atoms with Gasteiger partial charge >= 0.3 is 0 Å². The third-order valence-electron chi connectivity index (χ3n) is 6.97. The molecular weight excluding hydrogens is 402 g/mol. The maximum absolute atomic E-state index is 12.8. The summed E-state index contributed by atoms with van der Waals surface area (Å²) in [6.45, 7) is 9.47. The van der Waals surface area contributed by atoms with Crippen molar-refractivity contribution in [1.82, 2.24) is 24.7 Å².